The fraction of sp³-hybridized carbons (Fsp3) is 0.867. The number of hydrogen-bond donors (Lipinski definition) is 1. The number of nitrogens with one attached hydrogen (secondary N) is 1. The van der Waals surface area contributed by atoms with E-state index in [0.717, 1.165) is 18.1 Å². The van der Waals surface area contributed by atoms with Gasteiger partial charge in [-0.1, -0.05) is 24.9 Å². The SMILES string of the molecule is CCC1SCCSC1c1noc(C2CCCCC2NC)n1. The summed E-state index contributed by atoms with van der Waals surface area (Å²) in [5, 5.41) is 8.79. The summed E-state index contributed by atoms with van der Waals surface area (Å²) in [6.45, 7) is 2.26. The third-order valence-corrected chi connectivity index (χ3v) is 7.86. The molecule has 1 aromatic rings. The fourth-order valence-electron chi connectivity index (χ4n) is 3.43. The lowest BCUT2D eigenvalue weighted by molar-refractivity contribution is 0.269. The Labute approximate surface area is 135 Å². The topological polar surface area (TPSA) is 51.0 Å². The molecule has 6 heteroatoms. The molecule has 0 bridgehead atoms. The Kier molecular flexibility index (Phi) is 5.51. The van der Waals surface area contributed by atoms with Gasteiger partial charge in [0.1, 0.15) is 0 Å². The number of hydrogen-bond acceptors (Lipinski definition) is 6. The van der Waals surface area contributed by atoms with E-state index in [0.29, 0.717) is 22.5 Å². The molecule has 2 fully saturated rings. The Hall–Kier alpha value is -0.200. The van der Waals surface area contributed by atoms with Crippen LogP contribution in [0.15, 0.2) is 4.52 Å². The molecule has 1 aliphatic heterocycles. The van der Waals surface area contributed by atoms with Gasteiger partial charge in [0.15, 0.2) is 5.82 Å². The zero-order valence-corrected chi connectivity index (χ0v) is 14.5. The summed E-state index contributed by atoms with van der Waals surface area (Å²) in [6, 6.07) is 0.488. The number of nitrogens with zero attached hydrogens (tertiary/aromatic N) is 2. The molecule has 4 atom stereocenters. The standard InChI is InChI=1S/C15H25N3OS2/c1-3-12-13(21-9-8-20-12)14-17-15(19-18-14)10-6-4-5-7-11(10)16-2/h10-13,16H,3-9H2,1-2H3. The lowest BCUT2D eigenvalue weighted by Gasteiger charge is -2.28. The van der Waals surface area contributed by atoms with E-state index in [1.807, 2.05) is 18.8 Å². The van der Waals surface area contributed by atoms with Crippen LogP contribution in [-0.4, -0.2) is 40.0 Å². The number of thioether (sulfide) groups is 2. The van der Waals surface area contributed by atoms with Crippen LogP contribution in [0, 0.1) is 0 Å². The van der Waals surface area contributed by atoms with Crippen LogP contribution in [0.25, 0.3) is 0 Å². The Bertz CT molecular complexity index is 415. The first kappa shape index (κ1) is 15.7. The molecule has 4 unspecified atom stereocenters. The van der Waals surface area contributed by atoms with Crippen molar-refractivity contribution in [3.63, 3.8) is 0 Å². The van der Waals surface area contributed by atoms with Gasteiger partial charge in [-0.05, 0) is 26.3 Å². The summed E-state index contributed by atoms with van der Waals surface area (Å²) < 4.78 is 5.66. The van der Waals surface area contributed by atoms with Crippen molar-refractivity contribution >= 4 is 23.5 Å². The minimum atomic E-state index is 0.395. The largest absolute Gasteiger partial charge is 0.339 e. The van der Waals surface area contributed by atoms with Gasteiger partial charge in [-0.15, -0.1) is 11.8 Å². The number of rotatable bonds is 4. The average molecular weight is 328 g/mol. The van der Waals surface area contributed by atoms with Crippen molar-refractivity contribution in [3.05, 3.63) is 11.7 Å². The zero-order chi connectivity index (χ0) is 14.7. The normalized spacial score (nSPS) is 34.0. The first-order valence-electron chi connectivity index (χ1n) is 8.07. The molecule has 0 spiro atoms. The molecule has 0 aromatic carbocycles. The van der Waals surface area contributed by atoms with E-state index in [9.17, 15) is 0 Å². The highest BCUT2D eigenvalue weighted by Crippen LogP contribution is 2.43. The predicted octanol–water partition coefficient (Wildman–Crippen LogP) is 3.61. The second-order valence-corrected chi connectivity index (χ2v) is 8.48. The van der Waals surface area contributed by atoms with E-state index < -0.39 is 0 Å². The lowest BCUT2D eigenvalue weighted by atomic mass is 9.84. The molecule has 118 valence electrons. The predicted molar refractivity (Wildman–Crippen MR) is 90.1 cm³/mol. The van der Waals surface area contributed by atoms with E-state index in [1.165, 1.54) is 37.2 Å². The Balaban J connectivity index is 1.75. The summed E-state index contributed by atoms with van der Waals surface area (Å²) in [4.78, 5) is 4.80. The second-order valence-electron chi connectivity index (χ2n) is 5.89. The van der Waals surface area contributed by atoms with Gasteiger partial charge in [0, 0.05) is 22.8 Å². The van der Waals surface area contributed by atoms with Crippen molar-refractivity contribution in [3.8, 4) is 0 Å². The Morgan fingerprint density at radius 3 is 2.86 bits per heavy atom. The average Bonchev–Trinajstić information content (AvgIpc) is 3.04. The summed E-state index contributed by atoms with van der Waals surface area (Å²) in [7, 11) is 2.04. The highest BCUT2D eigenvalue weighted by molar-refractivity contribution is 8.06. The van der Waals surface area contributed by atoms with Gasteiger partial charge in [0.2, 0.25) is 5.89 Å². The molecule has 2 aliphatic rings. The lowest BCUT2D eigenvalue weighted by Crippen LogP contribution is -2.34. The van der Waals surface area contributed by atoms with Crippen molar-refractivity contribution in [1.82, 2.24) is 15.5 Å². The van der Waals surface area contributed by atoms with E-state index in [2.05, 4.69) is 29.2 Å². The van der Waals surface area contributed by atoms with Crippen LogP contribution in [0.5, 0.6) is 0 Å². The fourth-order valence-corrected chi connectivity index (χ4v) is 6.41. The van der Waals surface area contributed by atoms with Crippen molar-refractivity contribution in [2.45, 2.75) is 61.5 Å². The molecule has 1 saturated heterocycles. The van der Waals surface area contributed by atoms with Crippen molar-refractivity contribution in [2.24, 2.45) is 0 Å². The maximum atomic E-state index is 5.66. The summed E-state index contributed by atoms with van der Waals surface area (Å²) >= 11 is 4.06. The maximum Gasteiger partial charge on any atom is 0.231 e. The van der Waals surface area contributed by atoms with E-state index in [1.54, 1.807) is 0 Å². The Morgan fingerprint density at radius 1 is 1.24 bits per heavy atom. The van der Waals surface area contributed by atoms with Crippen LogP contribution in [0.1, 0.15) is 61.9 Å². The molecule has 21 heavy (non-hydrogen) atoms. The van der Waals surface area contributed by atoms with Gasteiger partial charge in [-0.25, -0.2) is 0 Å². The molecule has 4 nitrogen and oxygen atoms in total. The van der Waals surface area contributed by atoms with Crippen molar-refractivity contribution in [2.75, 3.05) is 18.6 Å². The second kappa shape index (κ2) is 7.38. The van der Waals surface area contributed by atoms with Gasteiger partial charge in [-0.3, -0.25) is 0 Å². The first-order chi connectivity index (χ1) is 10.3. The van der Waals surface area contributed by atoms with Gasteiger partial charge in [0.05, 0.1) is 11.2 Å². The minimum Gasteiger partial charge on any atom is -0.339 e. The van der Waals surface area contributed by atoms with Crippen LogP contribution >= 0.6 is 23.5 Å². The van der Waals surface area contributed by atoms with E-state index in [-0.39, 0.29) is 0 Å². The summed E-state index contributed by atoms with van der Waals surface area (Å²) in [5.41, 5.74) is 0. The number of likely N-dealkylation sites (N-methyl/N-ethyl adjacent to an activating group) is 1. The first-order valence-corrected chi connectivity index (χ1v) is 10.2. The molecule has 1 saturated carbocycles. The highest BCUT2D eigenvalue weighted by atomic mass is 32.2. The summed E-state index contributed by atoms with van der Waals surface area (Å²) in [5.74, 6) is 4.61. The molecule has 1 aromatic heterocycles. The molecule has 0 radical (unpaired) electrons. The van der Waals surface area contributed by atoms with Crippen molar-refractivity contribution < 1.29 is 4.52 Å². The van der Waals surface area contributed by atoms with Gasteiger partial charge in [-0.2, -0.15) is 16.7 Å². The maximum absolute atomic E-state index is 5.66. The molecule has 2 heterocycles. The van der Waals surface area contributed by atoms with Crippen LogP contribution in [0.4, 0.5) is 0 Å². The van der Waals surface area contributed by atoms with Gasteiger partial charge >= 0.3 is 0 Å². The highest BCUT2D eigenvalue weighted by Gasteiger charge is 2.34. The molecular weight excluding hydrogens is 302 g/mol. The third kappa shape index (κ3) is 3.42. The monoisotopic (exact) mass is 327 g/mol. The zero-order valence-electron chi connectivity index (χ0n) is 12.9. The van der Waals surface area contributed by atoms with Crippen LogP contribution < -0.4 is 5.32 Å². The van der Waals surface area contributed by atoms with Crippen molar-refractivity contribution in [1.29, 1.82) is 0 Å². The minimum absolute atomic E-state index is 0.395. The van der Waals surface area contributed by atoms with Gasteiger partial charge in [0.25, 0.3) is 0 Å². The van der Waals surface area contributed by atoms with Crippen LogP contribution in [0.3, 0.4) is 0 Å². The van der Waals surface area contributed by atoms with Crippen LogP contribution in [-0.2, 0) is 0 Å². The molecule has 1 aliphatic carbocycles. The quantitative estimate of drug-likeness (QED) is 0.911. The third-order valence-electron chi connectivity index (χ3n) is 4.62. The van der Waals surface area contributed by atoms with E-state index >= 15 is 0 Å². The molecule has 1 N–H and O–H groups in total. The molecule has 3 rings (SSSR count). The van der Waals surface area contributed by atoms with E-state index in [4.69, 9.17) is 9.51 Å². The number of aromatic nitrogens is 2. The summed E-state index contributed by atoms with van der Waals surface area (Å²) in [6.07, 6.45) is 6.12. The smallest absolute Gasteiger partial charge is 0.231 e. The molecular formula is C15H25N3OS2. The van der Waals surface area contributed by atoms with Crippen LogP contribution in [0.2, 0.25) is 0 Å². The molecule has 0 amide bonds. The Morgan fingerprint density at radius 2 is 2.05 bits per heavy atom. The van der Waals surface area contributed by atoms with Gasteiger partial charge < -0.3 is 9.84 Å².